The molecule has 0 amide bonds. The van der Waals surface area contributed by atoms with E-state index in [1.54, 1.807) is 0 Å². The van der Waals surface area contributed by atoms with Gasteiger partial charge < -0.3 is 19.9 Å². The Kier molecular flexibility index (Phi) is 6.68. The number of hydrogen-bond donors (Lipinski definition) is 2. The van der Waals surface area contributed by atoms with Gasteiger partial charge in [-0.05, 0) is 30.3 Å². The lowest BCUT2D eigenvalue weighted by Gasteiger charge is -2.15. The molecule has 0 aliphatic carbocycles. The van der Waals surface area contributed by atoms with Gasteiger partial charge >= 0.3 is 0 Å². The van der Waals surface area contributed by atoms with E-state index in [1.807, 2.05) is 67.2 Å². The van der Waals surface area contributed by atoms with Crippen molar-refractivity contribution in [3.8, 4) is 11.5 Å². The summed E-state index contributed by atoms with van der Waals surface area (Å²) in [4.78, 5) is 0. The van der Waals surface area contributed by atoms with Crippen molar-refractivity contribution in [3.05, 3.63) is 54.7 Å². The third-order valence-electron chi connectivity index (χ3n) is 4.15. The van der Waals surface area contributed by atoms with Crippen LogP contribution < -0.4 is 14.8 Å². The van der Waals surface area contributed by atoms with Crippen molar-refractivity contribution >= 4 is 10.9 Å². The van der Waals surface area contributed by atoms with Crippen molar-refractivity contribution in [3.63, 3.8) is 0 Å². The zero-order valence-corrected chi connectivity index (χ0v) is 15.8. The smallest absolute Gasteiger partial charge is 0.119 e. The molecule has 3 aromatic rings. The number of aliphatic hydroxyl groups is 1. The monoisotopic (exact) mass is 369 g/mol. The Morgan fingerprint density at radius 3 is 2.48 bits per heavy atom. The molecule has 0 bridgehead atoms. The van der Waals surface area contributed by atoms with Crippen LogP contribution >= 0.6 is 0 Å². The summed E-state index contributed by atoms with van der Waals surface area (Å²) in [6.07, 6.45) is 1.33. The quantitative estimate of drug-likeness (QED) is 0.575. The Bertz CT molecular complexity index is 830. The summed E-state index contributed by atoms with van der Waals surface area (Å²) >= 11 is 0. The summed E-state index contributed by atoms with van der Waals surface area (Å²) in [6, 6.07) is 15.9. The molecule has 27 heavy (non-hydrogen) atoms. The topological polar surface area (TPSA) is 68.5 Å². The van der Waals surface area contributed by atoms with Crippen LogP contribution in [0, 0.1) is 0 Å². The molecule has 0 aliphatic heterocycles. The van der Waals surface area contributed by atoms with Crippen LogP contribution in [0.5, 0.6) is 11.5 Å². The fourth-order valence-electron chi connectivity index (χ4n) is 2.71. The van der Waals surface area contributed by atoms with Gasteiger partial charge in [0.15, 0.2) is 0 Å². The minimum absolute atomic E-state index is 0.256. The van der Waals surface area contributed by atoms with Gasteiger partial charge in [-0.15, -0.1) is 0 Å². The molecule has 3 rings (SSSR count). The number of rotatable bonds is 10. The third-order valence-corrected chi connectivity index (χ3v) is 4.15. The zero-order chi connectivity index (χ0) is 19.1. The largest absolute Gasteiger partial charge is 0.492 e. The maximum atomic E-state index is 9.88. The van der Waals surface area contributed by atoms with Crippen LogP contribution in [0.2, 0.25) is 0 Å². The lowest BCUT2D eigenvalue weighted by molar-refractivity contribution is 0.104. The Morgan fingerprint density at radius 2 is 1.74 bits per heavy atom. The summed E-state index contributed by atoms with van der Waals surface area (Å²) in [5.74, 6) is 1.49. The van der Waals surface area contributed by atoms with E-state index in [9.17, 15) is 5.11 Å². The van der Waals surface area contributed by atoms with E-state index in [0.717, 1.165) is 16.7 Å². The SMILES string of the molecule is CC(C)NCC(O)COc1ccc(OCCn2ncc3ccccc32)cc1. The van der Waals surface area contributed by atoms with Gasteiger partial charge in [0.2, 0.25) is 0 Å². The molecule has 6 nitrogen and oxygen atoms in total. The molecule has 0 fully saturated rings. The molecule has 0 spiro atoms. The highest BCUT2D eigenvalue weighted by atomic mass is 16.5. The minimum atomic E-state index is -0.535. The van der Waals surface area contributed by atoms with Crippen LogP contribution in [0.25, 0.3) is 10.9 Å². The van der Waals surface area contributed by atoms with Gasteiger partial charge in [-0.1, -0.05) is 32.0 Å². The van der Waals surface area contributed by atoms with Crippen molar-refractivity contribution in [2.75, 3.05) is 19.8 Å². The zero-order valence-electron chi connectivity index (χ0n) is 15.8. The highest BCUT2D eigenvalue weighted by Gasteiger charge is 2.06. The lowest BCUT2D eigenvalue weighted by atomic mass is 10.3. The average molecular weight is 369 g/mol. The van der Waals surface area contributed by atoms with Crippen molar-refractivity contribution in [2.24, 2.45) is 0 Å². The molecule has 0 aliphatic rings. The van der Waals surface area contributed by atoms with Crippen LogP contribution in [0.3, 0.4) is 0 Å². The number of benzene rings is 2. The van der Waals surface area contributed by atoms with Gasteiger partial charge in [0, 0.05) is 18.0 Å². The van der Waals surface area contributed by atoms with Crippen LogP contribution in [0.1, 0.15) is 13.8 Å². The van der Waals surface area contributed by atoms with E-state index in [0.29, 0.717) is 31.5 Å². The van der Waals surface area contributed by atoms with Gasteiger partial charge in [-0.2, -0.15) is 5.10 Å². The normalized spacial score (nSPS) is 12.4. The van der Waals surface area contributed by atoms with Gasteiger partial charge in [0.05, 0.1) is 18.3 Å². The lowest BCUT2D eigenvalue weighted by Crippen LogP contribution is -2.35. The average Bonchev–Trinajstić information content (AvgIpc) is 3.09. The predicted octanol–water partition coefficient (Wildman–Crippen LogP) is 2.85. The maximum Gasteiger partial charge on any atom is 0.119 e. The van der Waals surface area contributed by atoms with Crippen LogP contribution in [0.4, 0.5) is 0 Å². The van der Waals surface area contributed by atoms with Crippen LogP contribution in [-0.4, -0.2) is 46.8 Å². The molecule has 2 aromatic carbocycles. The summed E-state index contributed by atoms with van der Waals surface area (Å²) in [6.45, 7) is 6.07. The maximum absolute atomic E-state index is 9.88. The number of aliphatic hydroxyl groups excluding tert-OH is 1. The molecule has 1 atom stereocenters. The predicted molar refractivity (Wildman–Crippen MR) is 106 cm³/mol. The Labute approximate surface area is 159 Å². The number of aromatic nitrogens is 2. The second-order valence-electron chi connectivity index (χ2n) is 6.77. The number of para-hydroxylation sites is 1. The number of fused-ring (bicyclic) bond motifs is 1. The minimum Gasteiger partial charge on any atom is -0.492 e. The summed E-state index contributed by atoms with van der Waals surface area (Å²) in [5.41, 5.74) is 1.11. The van der Waals surface area contributed by atoms with Gasteiger partial charge in [0.1, 0.15) is 30.8 Å². The number of nitrogens with one attached hydrogen (secondary N) is 1. The summed E-state index contributed by atoms with van der Waals surface area (Å²) in [5, 5.41) is 18.6. The Hall–Kier alpha value is -2.57. The molecule has 144 valence electrons. The van der Waals surface area contributed by atoms with E-state index >= 15 is 0 Å². The van der Waals surface area contributed by atoms with E-state index in [1.165, 1.54) is 0 Å². The van der Waals surface area contributed by atoms with E-state index in [4.69, 9.17) is 9.47 Å². The fourth-order valence-corrected chi connectivity index (χ4v) is 2.71. The molecule has 1 unspecified atom stereocenters. The molecule has 6 heteroatoms. The van der Waals surface area contributed by atoms with Crippen molar-refractivity contribution in [1.29, 1.82) is 0 Å². The van der Waals surface area contributed by atoms with Crippen molar-refractivity contribution in [2.45, 2.75) is 32.5 Å². The second kappa shape index (κ2) is 9.39. The van der Waals surface area contributed by atoms with Crippen LogP contribution in [0.15, 0.2) is 54.7 Å². The van der Waals surface area contributed by atoms with Crippen molar-refractivity contribution < 1.29 is 14.6 Å². The fraction of sp³-hybridized carbons (Fsp3) is 0.381. The first kappa shape index (κ1) is 19.2. The highest BCUT2D eigenvalue weighted by Crippen LogP contribution is 2.18. The molecule has 1 aromatic heterocycles. The Morgan fingerprint density at radius 1 is 1.04 bits per heavy atom. The molecular weight excluding hydrogens is 342 g/mol. The standard InChI is InChI=1S/C21H27N3O3/c1-16(2)22-14-18(25)15-27-20-9-7-19(8-10-20)26-12-11-24-21-6-4-3-5-17(21)13-23-24/h3-10,13,16,18,22,25H,11-12,14-15H2,1-2H3. The first-order valence-electron chi connectivity index (χ1n) is 9.29. The third kappa shape index (κ3) is 5.70. The highest BCUT2D eigenvalue weighted by molar-refractivity contribution is 5.78. The molecule has 2 N–H and O–H groups in total. The van der Waals surface area contributed by atoms with E-state index in [2.05, 4.69) is 16.5 Å². The van der Waals surface area contributed by atoms with E-state index in [-0.39, 0.29) is 6.61 Å². The van der Waals surface area contributed by atoms with E-state index < -0.39 is 6.10 Å². The number of hydrogen-bond acceptors (Lipinski definition) is 5. The van der Waals surface area contributed by atoms with Gasteiger partial charge in [-0.25, -0.2) is 0 Å². The molecule has 0 saturated carbocycles. The summed E-state index contributed by atoms with van der Waals surface area (Å²) < 4.78 is 13.3. The first-order valence-corrected chi connectivity index (χ1v) is 9.29. The van der Waals surface area contributed by atoms with Crippen LogP contribution in [-0.2, 0) is 6.54 Å². The Balaban J connectivity index is 1.42. The number of ether oxygens (including phenoxy) is 2. The molecule has 0 radical (unpaired) electrons. The van der Waals surface area contributed by atoms with Crippen molar-refractivity contribution in [1.82, 2.24) is 15.1 Å². The van der Waals surface area contributed by atoms with Gasteiger partial charge in [-0.3, -0.25) is 4.68 Å². The molecule has 0 saturated heterocycles. The van der Waals surface area contributed by atoms with Gasteiger partial charge in [0.25, 0.3) is 0 Å². The molecule has 1 heterocycles. The molecular formula is C21H27N3O3. The summed E-state index contributed by atoms with van der Waals surface area (Å²) in [7, 11) is 0. The second-order valence-corrected chi connectivity index (χ2v) is 6.77. The first-order chi connectivity index (χ1) is 13.1. The number of nitrogens with zero attached hydrogens (tertiary/aromatic N) is 2.